The van der Waals surface area contributed by atoms with Gasteiger partial charge in [-0.1, -0.05) is 30.3 Å². The van der Waals surface area contributed by atoms with Gasteiger partial charge in [-0.25, -0.2) is 0 Å². The standard InChI is InChI=1S/C22H27N3O3/c1-17-7-3-4-8-19(17)23-22(27)11-12-25(18(2)26)21-10-6-5-9-20(21)24-13-15-28-16-14-24/h3-10H,11-16H2,1-2H3,(H,23,27). The predicted molar refractivity (Wildman–Crippen MR) is 112 cm³/mol. The van der Waals surface area contributed by atoms with Crippen molar-refractivity contribution in [2.75, 3.05) is 48.0 Å². The number of rotatable bonds is 6. The fraction of sp³-hybridized carbons (Fsp3) is 0.364. The Balaban J connectivity index is 1.71. The summed E-state index contributed by atoms with van der Waals surface area (Å²) in [4.78, 5) is 28.7. The molecule has 3 rings (SSSR count). The van der Waals surface area contributed by atoms with Crippen molar-refractivity contribution in [2.45, 2.75) is 20.3 Å². The maximum Gasteiger partial charge on any atom is 0.226 e. The van der Waals surface area contributed by atoms with Crippen LogP contribution in [-0.4, -0.2) is 44.7 Å². The number of aryl methyl sites for hydroxylation is 1. The van der Waals surface area contributed by atoms with Crippen LogP contribution in [0.1, 0.15) is 18.9 Å². The molecule has 2 aromatic carbocycles. The second-order valence-electron chi connectivity index (χ2n) is 6.87. The van der Waals surface area contributed by atoms with Gasteiger partial charge in [0, 0.05) is 38.7 Å². The Morgan fingerprint density at radius 1 is 1.07 bits per heavy atom. The third-order valence-electron chi connectivity index (χ3n) is 4.89. The van der Waals surface area contributed by atoms with Gasteiger partial charge >= 0.3 is 0 Å². The number of morpholine rings is 1. The van der Waals surface area contributed by atoms with Crippen molar-refractivity contribution in [3.8, 4) is 0 Å². The van der Waals surface area contributed by atoms with Crippen molar-refractivity contribution in [2.24, 2.45) is 0 Å². The monoisotopic (exact) mass is 381 g/mol. The molecule has 6 heteroatoms. The van der Waals surface area contributed by atoms with Crippen LogP contribution < -0.4 is 15.1 Å². The third-order valence-corrected chi connectivity index (χ3v) is 4.89. The third kappa shape index (κ3) is 4.89. The number of benzene rings is 2. The number of hydrogen-bond acceptors (Lipinski definition) is 4. The van der Waals surface area contributed by atoms with E-state index >= 15 is 0 Å². The first kappa shape index (κ1) is 19.9. The van der Waals surface area contributed by atoms with Gasteiger partial charge < -0.3 is 19.9 Å². The molecule has 0 aliphatic carbocycles. The van der Waals surface area contributed by atoms with Gasteiger partial charge in [-0.3, -0.25) is 9.59 Å². The van der Waals surface area contributed by atoms with E-state index < -0.39 is 0 Å². The summed E-state index contributed by atoms with van der Waals surface area (Å²) in [5.41, 5.74) is 3.65. The van der Waals surface area contributed by atoms with E-state index in [1.54, 1.807) is 4.90 Å². The molecule has 0 saturated carbocycles. The Hall–Kier alpha value is -2.86. The van der Waals surface area contributed by atoms with Gasteiger partial charge in [0.05, 0.1) is 24.6 Å². The van der Waals surface area contributed by atoms with Crippen LogP contribution in [0.15, 0.2) is 48.5 Å². The van der Waals surface area contributed by atoms with Crippen molar-refractivity contribution in [3.05, 3.63) is 54.1 Å². The first-order chi connectivity index (χ1) is 13.6. The quantitative estimate of drug-likeness (QED) is 0.835. The van der Waals surface area contributed by atoms with E-state index in [2.05, 4.69) is 10.2 Å². The number of nitrogens with one attached hydrogen (secondary N) is 1. The number of para-hydroxylation sites is 3. The largest absolute Gasteiger partial charge is 0.378 e. The molecule has 1 aliphatic heterocycles. The van der Waals surface area contributed by atoms with E-state index in [1.165, 1.54) is 6.92 Å². The van der Waals surface area contributed by atoms with Crippen LogP contribution in [0.25, 0.3) is 0 Å². The van der Waals surface area contributed by atoms with Gasteiger partial charge in [0.15, 0.2) is 0 Å². The molecule has 0 radical (unpaired) electrons. The lowest BCUT2D eigenvalue weighted by atomic mass is 10.2. The molecular weight excluding hydrogens is 354 g/mol. The van der Waals surface area contributed by atoms with E-state index in [-0.39, 0.29) is 18.2 Å². The van der Waals surface area contributed by atoms with Gasteiger partial charge in [-0.2, -0.15) is 0 Å². The smallest absolute Gasteiger partial charge is 0.226 e. The van der Waals surface area contributed by atoms with Crippen molar-refractivity contribution in [3.63, 3.8) is 0 Å². The van der Waals surface area contributed by atoms with Crippen LogP contribution in [0.4, 0.5) is 17.1 Å². The van der Waals surface area contributed by atoms with E-state index in [0.717, 1.165) is 35.7 Å². The molecule has 2 amide bonds. The molecule has 1 fully saturated rings. The van der Waals surface area contributed by atoms with Gasteiger partial charge in [0.1, 0.15) is 0 Å². The van der Waals surface area contributed by atoms with Crippen molar-refractivity contribution < 1.29 is 14.3 Å². The van der Waals surface area contributed by atoms with Gasteiger partial charge in [0.2, 0.25) is 11.8 Å². The lowest BCUT2D eigenvalue weighted by Gasteiger charge is -2.33. The first-order valence-electron chi connectivity index (χ1n) is 9.61. The molecule has 28 heavy (non-hydrogen) atoms. The molecule has 148 valence electrons. The highest BCUT2D eigenvalue weighted by Gasteiger charge is 2.21. The highest BCUT2D eigenvalue weighted by molar-refractivity contribution is 5.97. The van der Waals surface area contributed by atoms with Crippen molar-refractivity contribution >= 4 is 28.9 Å². The molecule has 1 aliphatic rings. The molecule has 0 unspecified atom stereocenters. The molecule has 1 heterocycles. The molecule has 2 aromatic rings. The molecule has 0 aromatic heterocycles. The predicted octanol–water partition coefficient (Wildman–Crippen LogP) is 3.21. The number of carbonyl (C=O) groups is 2. The summed E-state index contributed by atoms with van der Waals surface area (Å²) in [6.07, 6.45) is 0.228. The molecule has 0 bridgehead atoms. The fourth-order valence-electron chi connectivity index (χ4n) is 3.35. The average molecular weight is 381 g/mol. The Bertz CT molecular complexity index is 831. The minimum Gasteiger partial charge on any atom is -0.378 e. The van der Waals surface area contributed by atoms with Crippen molar-refractivity contribution in [1.82, 2.24) is 0 Å². The molecular formula is C22H27N3O3. The van der Waals surface area contributed by atoms with Crippen molar-refractivity contribution in [1.29, 1.82) is 0 Å². The summed E-state index contributed by atoms with van der Waals surface area (Å²) >= 11 is 0. The van der Waals surface area contributed by atoms with E-state index in [4.69, 9.17) is 4.74 Å². The summed E-state index contributed by atoms with van der Waals surface area (Å²) in [7, 11) is 0. The summed E-state index contributed by atoms with van der Waals surface area (Å²) in [6.45, 7) is 6.74. The van der Waals surface area contributed by atoms with E-state index in [1.807, 2.05) is 55.5 Å². The fourth-order valence-corrected chi connectivity index (χ4v) is 3.35. The van der Waals surface area contributed by atoms with Crippen LogP contribution in [0, 0.1) is 6.92 Å². The zero-order valence-electron chi connectivity index (χ0n) is 16.5. The molecule has 1 N–H and O–H groups in total. The maximum absolute atomic E-state index is 12.4. The van der Waals surface area contributed by atoms with Gasteiger partial charge in [-0.05, 0) is 30.7 Å². The molecule has 0 atom stereocenters. The zero-order valence-corrected chi connectivity index (χ0v) is 16.5. The van der Waals surface area contributed by atoms with E-state index in [0.29, 0.717) is 19.8 Å². The number of carbonyl (C=O) groups excluding carboxylic acids is 2. The minimum absolute atomic E-state index is 0.0793. The lowest BCUT2D eigenvalue weighted by Crippen LogP contribution is -2.39. The average Bonchev–Trinajstić information content (AvgIpc) is 2.71. The highest BCUT2D eigenvalue weighted by Crippen LogP contribution is 2.30. The molecule has 6 nitrogen and oxygen atoms in total. The summed E-state index contributed by atoms with van der Waals surface area (Å²) in [5.74, 6) is -0.186. The lowest BCUT2D eigenvalue weighted by molar-refractivity contribution is -0.117. The van der Waals surface area contributed by atoms with Crippen LogP contribution in [0.3, 0.4) is 0 Å². The number of hydrogen-bond donors (Lipinski definition) is 1. The Morgan fingerprint density at radius 3 is 2.46 bits per heavy atom. The zero-order chi connectivity index (χ0) is 19.9. The normalized spacial score (nSPS) is 13.9. The topological polar surface area (TPSA) is 61.9 Å². The number of ether oxygens (including phenoxy) is 1. The highest BCUT2D eigenvalue weighted by atomic mass is 16.5. The first-order valence-corrected chi connectivity index (χ1v) is 9.61. The Morgan fingerprint density at radius 2 is 1.75 bits per heavy atom. The number of nitrogens with zero attached hydrogens (tertiary/aromatic N) is 2. The summed E-state index contributed by atoms with van der Waals surface area (Å²) in [5, 5.41) is 2.93. The van der Waals surface area contributed by atoms with Crippen LogP contribution in [-0.2, 0) is 14.3 Å². The van der Waals surface area contributed by atoms with E-state index in [9.17, 15) is 9.59 Å². The summed E-state index contributed by atoms with van der Waals surface area (Å²) < 4.78 is 5.44. The van der Waals surface area contributed by atoms with Crippen LogP contribution >= 0.6 is 0 Å². The minimum atomic E-state index is -0.107. The second kappa shape index (κ2) is 9.37. The van der Waals surface area contributed by atoms with Crippen LogP contribution in [0.5, 0.6) is 0 Å². The number of amides is 2. The number of anilines is 3. The van der Waals surface area contributed by atoms with Crippen LogP contribution in [0.2, 0.25) is 0 Å². The van der Waals surface area contributed by atoms with Gasteiger partial charge in [-0.15, -0.1) is 0 Å². The summed E-state index contributed by atoms with van der Waals surface area (Å²) in [6, 6.07) is 15.5. The maximum atomic E-state index is 12.4. The SMILES string of the molecule is CC(=O)N(CCC(=O)Nc1ccccc1C)c1ccccc1N1CCOCC1. The molecule has 0 spiro atoms. The van der Waals surface area contributed by atoms with Gasteiger partial charge in [0.25, 0.3) is 0 Å². The Labute approximate surface area is 166 Å². The molecule has 1 saturated heterocycles. The Kier molecular flexibility index (Phi) is 6.66. The second-order valence-corrected chi connectivity index (χ2v) is 6.87.